The van der Waals surface area contributed by atoms with Crippen LogP contribution in [0.2, 0.25) is 10.4 Å². The first-order valence-corrected chi connectivity index (χ1v) is 20.6. The molecule has 1 aliphatic heterocycles. The van der Waals surface area contributed by atoms with E-state index in [4.69, 9.17) is 46.9 Å². The van der Waals surface area contributed by atoms with Crippen LogP contribution in [0.3, 0.4) is 0 Å². The van der Waals surface area contributed by atoms with E-state index < -0.39 is 75.8 Å². The number of esters is 3. The maximum Gasteiger partial charge on any atom is 0.303 e. The van der Waals surface area contributed by atoms with Crippen molar-refractivity contribution >= 4 is 77.6 Å². The van der Waals surface area contributed by atoms with Gasteiger partial charge < -0.3 is 23.7 Å². The summed E-state index contributed by atoms with van der Waals surface area (Å²) in [4.78, 5) is 59.6. The summed E-state index contributed by atoms with van der Waals surface area (Å²) in [6.07, 6.45) is -6.36. The molecule has 2 aromatic carbocycles. The Morgan fingerprint density at radius 2 is 1.46 bits per heavy atom. The predicted molar refractivity (Wildman–Crippen MR) is 186 cm³/mol. The minimum atomic E-state index is -2.10. The molecule has 2 amide bonds. The van der Waals surface area contributed by atoms with Gasteiger partial charge in [-0.25, -0.2) is 4.39 Å². The number of anilines is 1. The van der Waals surface area contributed by atoms with Gasteiger partial charge in [0.25, 0.3) is 0 Å². The summed E-state index contributed by atoms with van der Waals surface area (Å²) in [7, 11) is 0. The number of ether oxygens (including phenoxy) is 5. The molecule has 3 rings (SSSR count). The maximum absolute atomic E-state index is 15.6. The van der Waals surface area contributed by atoms with Gasteiger partial charge in [0, 0.05) is 26.5 Å². The van der Waals surface area contributed by atoms with Crippen LogP contribution < -0.4 is 19.7 Å². The molecule has 50 heavy (non-hydrogen) atoms. The third-order valence-corrected chi connectivity index (χ3v) is 14.2. The summed E-state index contributed by atoms with van der Waals surface area (Å²) in [5, 5.41) is 7.29. The molecule has 16 heteroatoms. The molecule has 0 spiro atoms. The maximum atomic E-state index is 15.6. The second-order valence-electron chi connectivity index (χ2n) is 11.3. The Morgan fingerprint density at radius 3 is 2.04 bits per heavy atom. The number of aryl methyl sites for hydroxylation is 1. The molecule has 0 radical (unpaired) electrons. The molecule has 1 saturated heterocycles. The van der Waals surface area contributed by atoms with E-state index in [1.54, 1.807) is 0 Å². The van der Waals surface area contributed by atoms with Crippen LogP contribution in [0.15, 0.2) is 48.5 Å². The van der Waals surface area contributed by atoms with Gasteiger partial charge in [-0.05, 0) is 24.3 Å². The van der Waals surface area contributed by atoms with Gasteiger partial charge in [-0.2, -0.15) is 0 Å². The van der Waals surface area contributed by atoms with Crippen molar-refractivity contribution in [2.45, 2.75) is 81.2 Å². The number of carbonyl (C=O) groups is 5. The second-order valence-corrected chi connectivity index (χ2v) is 17.3. The largest absolute Gasteiger partial charge is 0.456 e. The summed E-state index contributed by atoms with van der Waals surface area (Å²) >= 11 is 10.7. The van der Waals surface area contributed by atoms with E-state index in [1.807, 2.05) is 0 Å². The van der Waals surface area contributed by atoms with E-state index in [2.05, 4.69) is 34.9 Å². The molecule has 0 aromatic heterocycles. The van der Waals surface area contributed by atoms with Crippen LogP contribution >= 0.6 is 23.2 Å². The van der Waals surface area contributed by atoms with Crippen molar-refractivity contribution in [3.8, 4) is 5.75 Å². The number of benzene rings is 2. The Hall–Kier alpha value is -3.38. The third kappa shape index (κ3) is 13.7. The quantitative estimate of drug-likeness (QED) is 0.0985. The molecule has 0 aliphatic carbocycles. The Kier molecular flexibility index (Phi) is 17.3. The summed E-state index contributed by atoms with van der Waals surface area (Å²) < 4.78 is 43.5. The van der Waals surface area contributed by atoms with E-state index >= 15 is 4.39 Å². The molecule has 1 fully saturated rings. The molecular weight excluding hydrogens is 761 g/mol. The van der Waals surface area contributed by atoms with E-state index in [-0.39, 0.29) is 24.6 Å². The minimum Gasteiger partial charge on any atom is -0.456 e. The number of alkyl halides is 3. The molecule has 274 valence electrons. The molecule has 2 N–H and O–H groups in total. The van der Waals surface area contributed by atoms with Gasteiger partial charge in [0.05, 0.1) is 0 Å². The topological polar surface area (TPSA) is 156 Å². The van der Waals surface area contributed by atoms with Crippen molar-refractivity contribution in [3.05, 3.63) is 54.1 Å². The minimum absolute atomic E-state index is 0.129. The van der Waals surface area contributed by atoms with E-state index in [0.717, 1.165) is 43.2 Å². The van der Waals surface area contributed by atoms with Gasteiger partial charge in [-0.15, -0.1) is 0 Å². The van der Waals surface area contributed by atoms with E-state index in [9.17, 15) is 24.0 Å². The zero-order valence-corrected chi connectivity index (χ0v) is 31.4. The Labute approximate surface area is 305 Å². The first-order valence-electron chi connectivity index (χ1n) is 16.0. The fourth-order valence-electron chi connectivity index (χ4n) is 5.08. The van der Waals surface area contributed by atoms with Gasteiger partial charge in [0.1, 0.15) is 18.5 Å². The van der Waals surface area contributed by atoms with Crippen molar-refractivity contribution in [3.63, 3.8) is 0 Å². The van der Waals surface area contributed by atoms with Crippen LogP contribution in [0.4, 0.5) is 10.1 Å². The van der Waals surface area contributed by atoms with Crippen molar-refractivity contribution < 1.29 is 52.0 Å². The Bertz CT molecular complexity index is 1430. The zero-order chi connectivity index (χ0) is 36.6. The van der Waals surface area contributed by atoms with Crippen LogP contribution in [-0.4, -0.2) is 100 Å². The summed E-state index contributed by atoms with van der Waals surface area (Å²) in [5.41, 5.74) is 1.51. The van der Waals surface area contributed by atoms with Gasteiger partial charge in [0.2, 0.25) is 12.5 Å². The van der Waals surface area contributed by atoms with Crippen molar-refractivity contribution in [2.24, 2.45) is 0 Å². The fourth-order valence-corrected chi connectivity index (χ4v) is 10.8. The van der Waals surface area contributed by atoms with Crippen molar-refractivity contribution in [2.75, 3.05) is 30.2 Å². The molecular formula is C34H42AsCl2FN2O10. The first kappa shape index (κ1) is 41.0. The van der Waals surface area contributed by atoms with E-state index in [0.29, 0.717) is 23.9 Å². The molecule has 12 nitrogen and oxygen atoms in total. The summed E-state index contributed by atoms with van der Waals surface area (Å²) in [6.45, 7) is 2.64. The molecule has 0 unspecified atom stereocenters. The van der Waals surface area contributed by atoms with Gasteiger partial charge >= 0.3 is 170 Å². The van der Waals surface area contributed by atoms with Crippen molar-refractivity contribution in [1.82, 2.24) is 5.32 Å². The number of carbonyl (C=O) groups excluding carboxylic acids is 5. The van der Waals surface area contributed by atoms with E-state index in [1.165, 1.54) is 28.6 Å². The Balaban J connectivity index is 1.48. The summed E-state index contributed by atoms with van der Waals surface area (Å²) in [5.74, 6) is -1.59. The summed E-state index contributed by atoms with van der Waals surface area (Å²) in [6, 6.07) is 14.3. The average Bonchev–Trinajstić information content (AvgIpc) is 3.06. The Morgan fingerprint density at radius 1 is 0.840 bits per heavy atom. The van der Waals surface area contributed by atoms with Crippen LogP contribution in [-0.2, 0) is 49.3 Å². The van der Waals surface area contributed by atoms with Crippen LogP contribution in [0.1, 0.15) is 39.2 Å². The normalized spacial score (nSPS) is 20.0. The number of hydrogen-bond donors (Lipinski definition) is 2. The molecule has 0 bridgehead atoms. The van der Waals surface area contributed by atoms with Crippen LogP contribution in [0, 0.1) is 0 Å². The number of rotatable bonds is 18. The third-order valence-electron chi connectivity index (χ3n) is 7.34. The number of amides is 2. The predicted octanol–water partition coefficient (Wildman–Crippen LogP) is 3.81. The zero-order valence-electron chi connectivity index (χ0n) is 28.0. The average molecular weight is 804 g/mol. The number of nitrogens with one attached hydrogen (secondary N) is 2. The fraction of sp³-hybridized carbons (Fsp3) is 0.500. The monoisotopic (exact) mass is 802 g/mol. The number of halogens is 3. The first-order chi connectivity index (χ1) is 23.9. The smallest absolute Gasteiger partial charge is 0.303 e. The molecule has 5 atom stereocenters. The standard InChI is InChI=1S/C34H42AsCl2FN2O10/c1-21(41)46-20-28-32(47-22(2)42)33(48-23(3)43)31(38)34(50-28)49-27-13-11-26(12-14-27)40-30(45)19-39-29(44)6-4-5-24-7-9-25(10-8-24)35(15-17-36)16-18-37/h7-14,28,31-34H,4-6,15-20H2,1-3H3,(H,39,44)(H,40,45)/t28-,31+,32-,33-,34-/m1/s1. The molecule has 0 saturated carbocycles. The molecule has 1 aliphatic rings. The van der Waals surface area contributed by atoms with Crippen LogP contribution in [0.5, 0.6) is 5.75 Å². The van der Waals surface area contributed by atoms with Gasteiger partial charge in [0.15, 0.2) is 12.2 Å². The molecule has 2 aromatic rings. The van der Waals surface area contributed by atoms with Crippen LogP contribution in [0.25, 0.3) is 0 Å². The SMILES string of the molecule is CC(=O)OC[C@H]1O[C@@H](Oc2ccc(NC(=O)CNC(=O)CCCc3ccc([As](CCCl)CCCl)cc3)cc2)[C@@H](F)[C@@H](OC(C)=O)[C@@H]1OC(C)=O. The van der Waals surface area contributed by atoms with Gasteiger partial charge in [-0.1, -0.05) is 0 Å². The van der Waals surface area contributed by atoms with Gasteiger partial charge in [-0.3, -0.25) is 14.4 Å². The molecule has 1 heterocycles. The van der Waals surface area contributed by atoms with Crippen molar-refractivity contribution in [1.29, 1.82) is 0 Å². The second kappa shape index (κ2) is 21.1. The number of hydrogen-bond acceptors (Lipinski definition) is 10.